The van der Waals surface area contributed by atoms with Crippen molar-refractivity contribution in [3.05, 3.63) is 28.8 Å². The first-order valence-corrected chi connectivity index (χ1v) is 5.22. The number of primary amides is 1. The number of nitrogens with zero attached hydrogens (tertiary/aromatic N) is 1. The molecule has 6 heteroatoms. The number of esters is 1. The smallest absolute Gasteiger partial charge is 0.338 e. The summed E-state index contributed by atoms with van der Waals surface area (Å²) in [5.74, 6) is -0.986. The van der Waals surface area contributed by atoms with E-state index in [1.165, 1.54) is 13.3 Å². The maximum absolute atomic E-state index is 11.4. The zero-order valence-electron chi connectivity index (χ0n) is 8.39. The summed E-state index contributed by atoms with van der Waals surface area (Å²) in [6.07, 6.45) is 1.50. The van der Waals surface area contributed by atoms with E-state index in [-0.39, 0.29) is 0 Å². The van der Waals surface area contributed by atoms with Crippen molar-refractivity contribution in [2.45, 2.75) is 0 Å². The van der Waals surface area contributed by atoms with Crippen molar-refractivity contribution in [2.24, 2.45) is 5.73 Å². The Kier molecular flexibility index (Phi) is 2.57. The van der Waals surface area contributed by atoms with Gasteiger partial charge in [-0.1, -0.05) is 0 Å². The van der Waals surface area contributed by atoms with Gasteiger partial charge in [0.2, 0.25) is 0 Å². The zero-order chi connectivity index (χ0) is 11.7. The molecule has 2 N–H and O–H groups in total. The van der Waals surface area contributed by atoms with E-state index in [1.807, 2.05) is 0 Å². The second-order valence-electron chi connectivity index (χ2n) is 3.04. The highest BCUT2D eigenvalue weighted by Crippen LogP contribution is 2.26. The minimum Gasteiger partial charge on any atom is -0.465 e. The van der Waals surface area contributed by atoms with Crippen LogP contribution in [-0.2, 0) is 4.74 Å². The van der Waals surface area contributed by atoms with E-state index < -0.39 is 11.9 Å². The summed E-state index contributed by atoms with van der Waals surface area (Å²) < 4.78 is 4.64. The molecule has 0 saturated heterocycles. The molecule has 0 radical (unpaired) electrons. The molecule has 0 aliphatic heterocycles. The van der Waals surface area contributed by atoms with Gasteiger partial charge in [0.1, 0.15) is 4.83 Å². The summed E-state index contributed by atoms with van der Waals surface area (Å²) >= 11 is 1.15. The van der Waals surface area contributed by atoms with Crippen molar-refractivity contribution in [2.75, 3.05) is 7.11 Å². The van der Waals surface area contributed by atoms with Crippen LogP contribution in [0.1, 0.15) is 20.0 Å². The molecule has 0 spiro atoms. The molecule has 2 aromatic heterocycles. The predicted octanol–water partition coefficient (Wildman–Crippen LogP) is 1.18. The van der Waals surface area contributed by atoms with Gasteiger partial charge in [0.05, 0.1) is 17.6 Å². The zero-order valence-corrected chi connectivity index (χ0v) is 9.21. The third-order valence-electron chi connectivity index (χ3n) is 2.08. The first-order valence-electron chi connectivity index (χ1n) is 4.40. The lowest BCUT2D eigenvalue weighted by atomic mass is 10.2. The first-order chi connectivity index (χ1) is 7.63. The van der Waals surface area contributed by atoms with Crippen LogP contribution in [0, 0.1) is 0 Å². The summed E-state index contributed by atoms with van der Waals surface area (Å²) in [6.45, 7) is 0. The fraction of sp³-hybridized carbons (Fsp3) is 0.100. The van der Waals surface area contributed by atoms with Crippen molar-refractivity contribution in [1.29, 1.82) is 0 Å². The second kappa shape index (κ2) is 3.90. The molecule has 2 aromatic rings. The van der Waals surface area contributed by atoms with Gasteiger partial charge in [0.25, 0.3) is 5.91 Å². The number of aromatic nitrogens is 1. The maximum atomic E-state index is 11.4. The molecular formula is C10H8N2O3S. The third-order valence-corrected chi connectivity index (χ3v) is 3.14. The van der Waals surface area contributed by atoms with Crippen molar-refractivity contribution < 1.29 is 14.3 Å². The highest BCUT2D eigenvalue weighted by atomic mass is 32.1. The van der Waals surface area contributed by atoms with Crippen LogP contribution in [0.5, 0.6) is 0 Å². The standard InChI is InChI=1S/C10H8N2O3S/c1-15-10(14)5-2-3-12-9-6(5)4-7(16-9)8(11)13/h2-4H,1H3,(H2,11,13). The van der Waals surface area contributed by atoms with E-state index in [0.717, 1.165) is 11.3 Å². The van der Waals surface area contributed by atoms with Gasteiger partial charge in [-0.15, -0.1) is 11.3 Å². The van der Waals surface area contributed by atoms with Gasteiger partial charge in [-0.05, 0) is 12.1 Å². The van der Waals surface area contributed by atoms with Gasteiger partial charge in [-0.2, -0.15) is 0 Å². The molecule has 0 unspecified atom stereocenters. The third kappa shape index (κ3) is 1.63. The molecule has 2 rings (SSSR count). The number of ether oxygens (including phenoxy) is 1. The number of hydrogen-bond acceptors (Lipinski definition) is 5. The van der Waals surface area contributed by atoms with Gasteiger partial charge in [0, 0.05) is 11.6 Å². The summed E-state index contributed by atoms with van der Waals surface area (Å²) in [6, 6.07) is 3.10. The molecule has 0 aliphatic rings. The summed E-state index contributed by atoms with van der Waals surface area (Å²) in [5, 5.41) is 0.591. The van der Waals surface area contributed by atoms with Gasteiger partial charge in [-0.25, -0.2) is 9.78 Å². The lowest BCUT2D eigenvalue weighted by Gasteiger charge is -1.98. The number of pyridine rings is 1. The number of hydrogen-bond donors (Lipinski definition) is 1. The topological polar surface area (TPSA) is 82.3 Å². The van der Waals surface area contributed by atoms with Crippen LogP contribution in [0.25, 0.3) is 10.2 Å². The van der Waals surface area contributed by atoms with Crippen LogP contribution in [0.4, 0.5) is 0 Å². The van der Waals surface area contributed by atoms with E-state index in [2.05, 4.69) is 9.72 Å². The minimum absolute atomic E-state index is 0.374. The largest absolute Gasteiger partial charge is 0.465 e. The number of rotatable bonds is 2. The van der Waals surface area contributed by atoms with Crippen LogP contribution < -0.4 is 5.73 Å². The van der Waals surface area contributed by atoms with Crippen molar-refractivity contribution in [3.63, 3.8) is 0 Å². The Morgan fingerprint density at radius 3 is 2.88 bits per heavy atom. The monoisotopic (exact) mass is 236 g/mol. The van der Waals surface area contributed by atoms with Gasteiger partial charge in [-0.3, -0.25) is 4.79 Å². The van der Waals surface area contributed by atoms with Crippen molar-refractivity contribution in [3.8, 4) is 0 Å². The predicted molar refractivity (Wildman–Crippen MR) is 59.5 cm³/mol. The Morgan fingerprint density at radius 2 is 2.25 bits per heavy atom. The molecule has 0 fully saturated rings. The van der Waals surface area contributed by atoms with Gasteiger partial charge in [0.15, 0.2) is 0 Å². The quantitative estimate of drug-likeness (QED) is 0.794. The molecular weight excluding hydrogens is 228 g/mol. The number of methoxy groups -OCH3 is 1. The number of fused-ring (bicyclic) bond motifs is 1. The molecule has 0 bridgehead atoms. The summed E-state index contributed by atoms with van der Waals surface area (Å²) in [7, 11) is 1.30. The Hall–Kier alpha value is -1.95. The van der Waals surface area contributed by atoms with Crippen LogP contribution in [-0.4, -0.2) is 24.0 Å². The number of carbonyl (C=O) groups excluding carboxylic acids is 2. The van der Waals surface area contributed by atoms with Crippen LogP contribution in [0.15, 0.2) is 18.3 Å². The van der Waals surface area contributed by atoms with Crippen LogP contribution in [0.2, 0.25) is 0 Å². The second-order valence-corrected chi connectivity index (χ2v) is 4.07. The fourth-order valence-electron chi connectivity index (χ4n) is 1.35. The normalized spacial score (nSPS) is 10.3. The molecule has 1 amide bonds. The fourth-order valence-corrected chi connectivity index (χ4v) is 2.23. The molecule has 0 atom stereocenters. The first kappa shape index (κ1) is 10.6. The Labute approximate surface area is 94.8 Å². The Morgan fingerprint density at radius 1 is 1.50 bits per heavy atom. The number of nitrogens with two attached hydrogens (primary N) is 1. The molecule has 0 aromatic carbocycles. The molecule has 16 heavy (non-hydrogen) atoms. The Bertz CT molecular complexity index is 576. The van der Waals surface area contributed by atoms with Gasteiger partial charge < -0.3 is 10.5 Å². The molecule has 5 nitrogen and oxygen atoms in total. The minimum atomic E-state index is -0.529. The number of amides is 1. The lowest BCUT2D eigenvalue weighted by molar-refractivity contribution is 0.0602. The number of thiophene rings is 1. The number of carbonyl (C=O) groups is 2. The highest BCUT2D eigenvalue weighted by Gasteiger charge is 2.15. The molecule has 82 valence electrons. The van der Waals surface area contributed by atoms with Crippen LogP contribution >= 0.6 is 11.3 Å². The van der Waals surface area contributed by atoms with Crippen molar-refractivity contribution >= 4 is 33.4 Å². The van der Waals surface area contributed by atoms with E-state index >= 15 is 0 Å². The Balaban J connectivity index is 2.67. The van der Waals surface area contributed by atoms with E-state index in [0.29, 0.717) is 20.7 Å². The summed E-state index contributed by atoms with van der Waals surface area (Å²) in [4.78, 5) is 27.5. The van der Waals surface area contributed by atoms with Gasteiger partial charge >= 0.3 is 5.97 Å². The van der Waals surface area contributed by atoms with E-state index in [1.54, 1.807) is 12.1 Å². The van der Waals surface area contributed by atoms with Crippen molar-refractivity contribution in [1.82, 2.24) is 4.98 Å². The molecule has 2 heterocycles. The van der Waals surface area contributed by atoms with Crippen LogP contribution in [0.3, 0.4) is 0 Å². The van der Waals surface area contributed by atoms with E-state index in [4.69, 9.17) is 5.73 Å². The molecule has 0 saturated carbocycles. The highest BCUT2D eigenvalue weighted by molar-refractivity contribution is 7.20. The SMILES string of the molecule is COC(=O)c1ccnc2sc(C(N)=O)cc12. The average molecular weight is 236 g/mol. The molecule has 0 aliphatic carbocycles. The lowest BCUT2D eigenvalue weighted by Crippen LogP contribution is -2.08. The van der Waals surface area contributed by atoms with E-state index in [9.17, 15) is 9.59 Å². The average Bonchev–Trinajstić information content (AvgIpc) is 2.71. The maximum Gasteiger partial charge on any atom is 0.338 e. The summed E-state index contributed by atoms with van der Waals surface area (Å²) in [5.41, 5.74) is 5.55.